The highest BCUT2D eigenvalue weighted by atomic mass is 16.5. The Morgan fingerprint density at radius 1 is 1.37 bits per heavy atom. The van der Waals surface area contributed by atoms with Gasteiger partial charge >= 0.3 is 0 Å². The summed E-state index contributed by atoms with van der Waals surface area (Å²) in [6.07, 6.45) is 6.11. The van der Waals surface area contributed by atoms with E-state index in [4.69, 9.17) is 9.93 Å². The largest absolute Gasteiger partial charge is 0.382 e. The van der Waals surface area contributed by atoms with Crippen molar-refractivity contribution in [2.24, 2.45) is 5.41 Å². The predicted molar refractivity (Wildman–Crippen MR) is 117 cm³/mol. The van der Waals surface area contributed by atoms with Gasteiger partial charge in [0.2, 0.25) is 5.91 Å². The fourth-order valence-electron chi connectivity index (χ4n) is 4.02. The number of nitrogens with zero attached hydrogens (tertiary/aromatic N) is 3. The molecule has 1 aliphatic carbocycles. The van der Waals surface area contributed by atoms with E-state index in [1.165, 1.54) is 19.1 Å². The van der Waals surface area contributed by atoms with Gasteiger partial charge in [-0.3, -0.25) is 4.79 Å². The third-order valence-electron chi connectivity index (χ3n) is 6.24. The van der Waals surface area contributed by atoms with Crippen LogP contribution in [0.3, 0.4) is 0 Å². The van der Waals surface area contributed by atoms with E-state index in [1.807, 2.05) is 23.1 Å². The Hall–Kier alpha value is -2.70. The monoisotopic (exact) mass is 409 g/mol. The predicted octanol–water partition coefficient (Wildman–Crippen LogP) is 4.45. The zero-order valence-electron chi connectivity index (χ0n) is 18.1. The molecule has 0 unspecified atom stereocenters. The molecule has 0 radical (unpaired) electrons. The molecule has 0 bridgehead atoms. The summed E-state index contributed by atoms with van der Waals surface area (Å²) in [6, 6.07) is 6.01. The second kappa shape index (κ2) is 8.20. The first-order valence-electron chi connectivity index (χ1n) is 10.9. The topological polar surface area (TPSA) is 95.1 Å². The van der Waals surface area contributed by atoms with Crippen molar-refractivity contribution in [1.82, 2.24) is 15.0 Å². The Morgan fingerprint density at radius 3 is 2.73 bits per heavy atom. The fourth-order valence-corrected chi connectivity index (χ4v) is 4.02. The molecule has 1 aliphatic heterocycles. The van der Waals surface area contributed by atoms with Crippen molar-refractivity contribution < 1.29 is 9.32 Å². The van der Waals surface area contributed by atoms with Crippen molar-refractivity contribution >= 4 is 17.8 Å². The molecule has 1 aromatic heterocycles. The number of rotatable bonds is 7. The van der Waals surface area contributed by atoms with Crippen LogP contribution in [0.4, 0.5) is 5.69 Å². The molecule has 2 fully saturated rings. The summed E-state index contributed by atoms with van der Waals surface area (Å²) >= 11 is 0. The molecule has 0 atom stereocenters. The van der Waals surface area contributed by atoms with Crippen molar-refractivity contribution in [3.63, 3.8) is 0 Å². The molecule has 1 amide bonds. The van der Waals surface area contributed by atoms with E-state index in [1.54, 1.807) is 0 Å². The number of carbonyl (C=O) groups is 1. The molecule has 1 saturated carbocycles. The smallest absolute Gasteiger partial charge is 0.258 e. The minimum Gasteiger partial charge on any atom is -0.382 e. The van der Waals surface area contributed by atoms with Crippen LogP contribution in [-0.2, 0) is 4.79 Å². The minimum absolute atomic E-state index is 0.220. The highest BCUT2D eigenvalue weighted by Gasteiger charge is 2.40. The van der Waals surface area contributed by atoms with Crippen molar-refractivity contribution in [2.45, 2.75) is 64.8 Å². The highest BCUT2D eigenvalue weighted by molar-refractivity contribution is 5.87. The van der Waals surface area contributed by atoms with Crippen LogP contribution in [0.5, 0.6) is 0 Å². The molecule has 30 heavy (non-hydrogen) atoms. The number of aromatic nitrogens is 2. The van der Waals surface area contributed by atoms with Gasteiger partial charge in [0.15, 0.2) is 5.82 Å². The molecule has 2 aliphatic rings. The molecule has 4 rings (SSSR count). The van der Waals surface area contributed by atoms with Crippen LogP contribution in [0.2, 0.25) is 0 Å². The molecular formula is C23H31N5O2. The maximum Gasteiger partial charge on any atom is 0.258 e. The van der Waals surface area contributed by atoms with Crippen LogP contribution >= 0.6 is 0 Å². The standard InChI is InChI=1S/C23H31N5O2/c1-15(2)25-19-12-17(4-5-18(19)14-24)22-26-21(27-30-22)16-6-10-28(11-7-16)20(29)13-23(3)8-9-23/h4-5,12,14-16,24-25H,6-11,13H2,1-3H3. The first-order chi connectivity index (χ1) is 14.4. The number of likely N-dealkylation sites (tertiary alicyclic amines) is 1. The second-order valence-electron chi connectivity index (χ2n) is 9.35. The van der Waals surface area contributed by atoms with Crippen LogP contribution in [0.1, 0.15) is 70.2 Å². The van der Waals surface area contributed by atoms with Gasteiger partial charge in [-0.25, -0.2) is 0 Å². The van der Waals surface area contributed by atoms with Gasteiger partial charge in [-0.1, -0.05) is 18.1 Å². The molecule has 2 heterocycles. The van der Waals surface area contributed by atoms with Gasteiger partial charge in [0.1, 0.15) is 0 Å². The number of hydrogen-bond acceptors (Lipinski definition) is 6. The van der Waals surface area contributed by atoms with Crippen LogP contribution in [0.15, 0.2) is 22.7 Å². The molecule has 2 N–H and O–H groups in total. The van der Waals surface area contributed by atoms with Crippen molar-refractivity contribution in [1.29, 1.82) is 5.41 Å². The molecule has 0 spiro atoms. The lowest BCUT2D eigenvalue weighted by Gasteiger charge is -2.31. The second-order valence-corrected chi connectivity index (χ2v) is 9.35. The van der Waals surface area contributed by atoms with Gasteiger partial charge in [-0.2, -0.15) is 4.98 Å². The first kappa shape index (κ1) is 20.6. The summed E-state index contributed by atoms with van der Waals surface area (Å²) in [5, 5.41) is 15.2. The van der Waals surface area contributed by atoms with Gasteiger partial charge in [0.05, 0.1) is 0 Å². The third kappa shape index (κ3) is 4.55. The van der Waals surface area contributed by atoms with Gasteiger partial charge in [-0.05, 0) is 57.1 Å². The van der Waals surface area contributed by atoms with Crippen LogP contribution in [0.25, 0.3) is 11.5 Å². The van der Waals surface area contributed by atoms with Crippen molar-refractivity contribution in [3.8, 4) is 11.5 Å². The molecular weight excluding hydrogens is 378 g/mol. The summed E-state index contributed by atoms with van der Waals surface area (Å²) in [7, 11) is 0. The van der Waals surface area contributed by atoms with E-state index in [0.717, 1.165) is 48.6 Å². The third-order valence-corrected chi connectivity index (χ3v) is 6.24. The average Bonchev–Trinajstić information content (AvgIpc) is 3.25. The summed E-state index contributed by atoms with van der Waals surface area (Å²) in [5.74, 6) is 1.73. The molecule has 160 valence electrons. The number of benzene rings is 1. The number of amides is 1. The average molecular weight is 410 g/mol. The Morgan fingerprint density at radius 2 is 2.10 bits per heavy atom. The molecule has 7 nitrogen and oxygen atoms in total. The van der Waals surface area contributed by atoms with E-state index in [-0.39, 0.29) is 17.4 Å². The highest BCUT2D eigenvalue weighted by Crippen LogP contribution is 2.48. The Labute approximate surface area is 177 Å². The van der Waals surface area contributed by atoms with Crippen LogP contribution in [0, 0.1) is 10.8 Å². The van der Waals surface area contributed by atoms with Crippen LogP contribution in [-0.4, -0.2) is 46.3 Å². The summed E-state index contributed by atoms with van der Waals surface area (Å²) in [4.78, 5) is 19.2. The zero-order valence-corrected chi connectivity index (χ0v) is 18.1. The SMILES string of the molecule is CC(C)Nc1cc(-c2nc(C3CCN(C(=O)CC4(C)CC4)CC3)no2)ccc1C=N. The Balaban J connectivity index is 1.41. The van der Waals surface area contributed by atoms with Crippen molar-refractivity contribution in [3.05, 3.63) is 29.6 Å². The van der Waals surface area contributed by atoms with Gasteiger partial charge in [-0.15, -0.1) is 0 Å². The summed E-state index contributed by atoms with van der Waals surface area (Å²) < 4.78 is 5.56. The van der Waals surface area contributed by atoms with Crippen LogP contribution < -0.4 is 5.32 Å². The Kier molecular flexibility index (Phi) is 5.62. The van der Waals surface area contributed by atoms with E-state index < -0.39 is 0 Å². The van der Waals surface area contributed by atoms with E-state index >= 15 is 0 Å². The number of piperidine rings is 1. The minimum atomic E-state index is 0.220. The van der Waals surface area contributed by atoms with Crippen molar-refractivity contribution in [2.75, 3.05) is 18.4 Å². The fraction of sp³-hybridized carbons (Fsp3) is 0.565. The van der Waals surface area contributed by atoms with E-state index in [0.29, 0.717) is 18.2 Å². The normalized spacial score (nSPS) is 18.5. The summed E-state index contributed by atoms with van der Waals surface area (Å²) in [6.45, 7) is 7.86. The van der Waals surface area contributed by atoms with E-state index in [2.05, 4.69) is 36.2 Å². The maximum absolute atomic E-state index is 12.5. The number of hydrogen-bond donors (Lipinski definition) is 2. The molecule has 1 aromatic carbocycles. The number of carbonyl (C=O) groups excluding carboxylic acids is 1. The first-order valence-corrected chi connectivity index (χ1v) is 10.9. The lowest BCUT2D eigenvalue weighted by molar-refractivity contribution is -0.133. The number of anilines is 1. The van der Waals surface area contributed by atoms with E-state index in [9.17, 15) is 4.79 Å². The zero-order chi connectivity index (χ0) is 21.3. The molecule has 7 heteroatoms. The summed E-state index contributed by atoms with van der Waals surface area (Å²) in [5.41, 5.74) is 2.80. The number of nitrogens with one attached hydrogen (secondary N) is 2. The lowest BCUT2D eigenvalue weighted by atomic mass is 9.95. The maximum atomic E-state index is 12.5. The molecule has 2 aromatic rings. The van der Waals surface area contributed by atoms with Gasteiger partial charge in [0, 0.05) is 54.5 Å². The van der Waals surface area contributed by atoms with Gasteiger partial charge < -0.3 is 20.1 Å². The lowest BCUT2D eigenvalue weighted by Crippen LogP contribution is -2.38. The van der Waals surface area contributed by atoms with Gasteiger partial charge in [0.25, 0.3) is 5.89 Å². The quantitative estimate of drug-likeness (QED) is 0.659. The molecule has 1 saturated heterocycles. The Bertz CT molecular complexity index is 923.